The minimum atomic E-state index is -0.179. The summed E-state index contributed by atoms with van der Waals surface area (Å²) in [4.78, 5) is 45.6. The second-order valence-corrected chi connectivity index (χ2v) is 12.9. The van der Waals surface area contributed by atoms with Gasteiger partial charge in [0, 0.05) is 91.3 Å². The van der Waals surface area contributed by atoms with E-state index in [-0.39, 0.29) is 29.5 Å². The number of hydrogen-bond donors (Lipinski definition) is 4. The zero-order valence-corrected chi connectivity index (χ0v) is 28.1. The summed E-state index contributed by atoms with van der Waals surface area (Å²) in [6.45, 7) is 1.96. The average molecular weight is 699 g/mol. The molecule has 0 bridgehead atoms. The molecule has 2 aliphatic heterocycles. The Morgan fingerprint density at radius 1 is 0.816 bits per heavy atom. The van der Waals surface area contributed by atoms with Crippen LogP contribution >= 0.6 is 23.2 Å². The Bertz CT molecular complexity index is 2150. The van der Waals surface area contributed by atoms with Gasteiger partial charge in [-0.05, 0) is 23.8 Å². The predicted octanol–water partition coefficient (Wildman–Crippen LogP) is 4.36. The molecular weight excluding hydrogens is 665 g/mol. The molecular formula is C36H33Cl2N7O4. The van der Waals surface area contributed by atoms with Gasteiger partial charge in [-0.3, -0.25) is 18.8 Å². The van der Waals surface area contributed by atoms with Crippen molar-refractivity contribution in [2.24, 2.45) is 0 Å². The third-order valence-corrected chi connectivity index (χ3v) is 9.72. The van der Waals surface area contributed by atoms with Crippen molar-refractivity contribution in [3.8, 4) is 39.4 Å². The zero-order chi connectivity index (χ0) is 34.1. The molecule has 0 aliphatic carbocycles. The van der Waals surface area contributed by atoms with Crippen molar-refractivity contribution in [2.45, 2.75) is 38.0 Å². The second-order valence-electron chi connectivity index (χ2n) is 12.1. The van der Waals surface area contributed by atoms with Crippen molar-refractivity contribution < 1.29 is 14.3 Å². The van der Waals surface area contributed by atoms with Gasteiger partial charge in [-0.25, -0.2) is 9.97 Å². The average Bonchev–Trinajstić information content (AvgIpc) is 3.74. The van der Waals surface area contributed by atoms with Crippen LogP contribution in [-0.4, -0.2) is 58.5 Å². The number of pyridine rings is 2. The van der Waals surface area contributed by atoms with E-state index in [2.05, 4.69) is 26.3 Å². The Balaban J connectivity index is 1.14. The summed E-state index contributed by atoms with van der Waals surface area (Å²) < 4.78 is 7.13. The Kier molecular flexibility index (Phi) is 9.33. The van der Waals surface area contributed by atoms with Crippen molar-refractivity contribution in [3.05, 3.63) is 105 Å². The van der Waals surface area contributed by atoms with Crippen molar-refractivity contribution >= 4 is 40.7 Å². The molecule has 13 heteroatoms. The predicted molar refractivity (Wildman–Crippen MR) is 189 cm³/mol. The lowest BCUT2D eigenvalue weighted by molar-refractivity contribution is -0.120. The summed E-state index contributed by atoms with van der Waals surface area (Å²) in [5, 5.41) is 13.2. The van der Waals surface area contributed by atoms with E-state index in [0.717, 1.165) is 33.4 Å². The Morgan fingerprint density at radius 3 is 2.06 bits per heavy atom. The minimum absolute atomic E-state index is 0.00131. The molecule has 2 fully saturated rings. The second kappa shape index (κ2) is 14.0. The maximum atomic E-state index is 13.2. The van der Waals surface area contributed by atoms with E-state index >= 15 is 0 Å². The highest BCUT2D eigenvalue weighted by Crippen LogP contribution is 2.42. The summed E-state index contributed by atoms with van der Waals surface area (Å²) in [5.41, 5.74) is 6.08. The van der Waals surface area contributed by atoms with Crippen LogP contribution < -0.4 is 31.6 Å². The van der Waals surface area contributed by atoms with Crippen LogP contribution in [0.3, 0.4) is 0 Å². The normalized spacial score (nSPS) is 17.4. The molecule has 2 aliphatic rings. The van der Waals surface area contributed by atoms with Crippen LogP contribution in [-0.2, 0) is 22.7 Å². The fraction of sp³-hybridized carbons (Fsp3) is 0.250. The number of hydrogen-bond acceptors (Lipinski definition) is 8. The molecule has 0 unspecified atom stereocenters. The van der Waals surface area contributed by atoms with Crippen molar-refractivity contribution in [1.82, 2.24) is 35.6 Å². The number of aromatic nitrogens is 3. The standard InChI is InChI=1S/C36H33Cl2N7O4/c1-49-35-21(15-39-23-13-31(46)42-18-23)8-9-29(44-35)28-7-3-6-27(34(28)38)26-5-2-4-25(33(26)37)20-10-11-45-30(12-20)41-17-22(36(45)48)16-40-24-14-32(47)43-19-24/h2-12,17,23-24,39-40H,13-16,18-19H2,1H3,(H,42,46)(H,43,47)/t23-,24+/m0/s1. The highest BCUT2D eigenvalue weighted by Gasteiger charge is 2.23. The summed E-state index contributed by atoms with van der Waals surface area (Å²) in [6.07, 6.45) is 4.11. The summed E-state index contributed by atoms with van der Waals surface area (Å²) >= 11 is 14.1. The van der Waals surface area contributed by atoms with E-state index in [1.807, 2.05) is 60.7 Å². The number of nitrogens with zero attached hydrogens (tertiary/aromatic N) is 3. The van der Waals surface area contributed by atoms with Gasteiger partial charge in [0.1, 0.15) is 5.65 Å². The summed E-state index contributed by atoms with van der Waals surface area (Å²) in [7, 11) is 1.58. The molecule has 0 radical (unpaired) electrons. The number of benzene rings is 2. The third kappa shape index (κ3) is 6.75. The van der Waals surface area contributed by atoms with E-state index in [1.54, 1.807) is 19.5 Å². The molecule has 3 aromatic heterocycles. The van der Waals surface area contributed by atoms with E-state index in [1.165, 1.54) is 4.40 Å². The monoisotopic (exact) mass is 697 g/mol. The smallest absolute Gasteiger partial charge is 0.262 e. The maximum Gasteiger partial charge on any atom is 0.262 e. The number of fused-ring (bicyclic) bond motifs is 1. The lowest BCUT2D eigenvalue weighted by atomic mass is 9.97. The number of carbonyl (C=O) groups is 2. The fourth-order valence-corrected chi connectivity index (χ4v) is 6.90. The van der Waals surface area contributed by atoms with Gasteiger partial charge in [-0.1, -0.05) is 65.7 Å². The number of amides is 2. The quantitative estimate of drug-likeness (QED) is 0.169. The number of ether oxygens (including phenoxy) is 1. The molecule has 2 amide bonds. The van der Waals surface area contributed by atoms with Gasteiger partial charge in [0.2, 0.25) is 17.7 Å². The number of rotatable bonds is 10. The summed E-state index contributed by atoms with van der Waals surface area (Å²) in [5.74, 6) is 0.515. The zero-order valence-electron chi connectivity index (χ0n) is 26.6. The first-order chi connectivity index (χ1) is 23.8. The Morgan fingerprint density at radius 2 is 1.43 bits per heavy atom. The van der Waals surface area contributed by atoms with Crippen LogP contribution in [0.15, 0.2) is 77.9 Å². The SMILES string of the molecule is COc1nc(-c2cccc(-c3cccc(-c4ccn5c(=O)c(CN[C@H]6CNC(=O)C6)cnc5c4)c3Cl)c2Cl)ccc1CN[C@@H]1CNC(=O)C1. The highest BCUT2D eigenvalue weighted by molar-refractivity contribution is 6.39. The molecule has 2 atom stereocenters. The molecule has 11 nitrogen and oxygen atoms in total. The van der Waals surface area contributed by atoms with Crippen LogP contribution in [0.25, 0.3) is 39.2 Å². The van der Waals surface area contributed by atoms with E-state index in [4.69, 9.17) is 32.9 Å². The van der Waals surface area contributed by atoms with Gasteiger partial charge >= 0.3 is 0 Å². The van der Waals surface area contributed by atoms with Crippen molar-refractivity contribution in [1.29, 1.82) is 0 Å². The molecule has 0 spiro atoms. The number of halogens is 2. The highest BCUT2D eigenvalue weighted by atomic mass is 35.5. The van der Waals surface area contributed by atoms with Crippen LogP contribution in [0, 0.1) is 0 Å². The van der Waals surface area contributed by atoms with Crippen LogP contribution in [0.5, 0.6) is 5.88 Å². The van der Waals surface area contributed by atoms with E-state index < -0.39 is 0 Å². The minimum Gasteiger partial charge on any atom is -0.481 e. The fourth-order valence-electron chi connectivity index (χ4n) is 6.24. The largest absolute Gasteiger partial charge is 0.481 e. The van der Waals surface area contributed by atoms with E-state index in [9.17, 15) is 14.4 Å². The first-order valence-electron chi connectivity index (χ1n) is 15.9. The molecule has 250 valence electrons. The first kappa shape index (κ1) is 32.7. The molecule has 4 N–H and O–H groups in total. The molecule has 5 heterocycles. The van der Waals surface area contributed by atoms with Gasteiger partial charge < -0.3 is 26.0 Å². The van der Waals surface area contributed by atoms with Crippen LogP contribution in [0.1, 0.15) is 24.0 Å². The molecule has 5 aromatic rings. The van der Waals surface area contributed by atoms with Crippen molar-refractivity contribution in [2.75, 3.05) is 20.2 Å². The molecule has 2 saturated heterocycles. The lowest BCUT2D eigenvalue weighted by Gasteiger charge is -2.16. The van der Waals surface area contributed by atoms with Crippen molar-refractivity contribution in [3.63, 3.8) is 0 Å². The Hall–Kier alpha value is -4.81. The van der Waals surface area contributed by atoms with Gasteiger partial charge in [0.15, 0.2) is 0 Å². The third-order valence-electron chi connectivity index (χ3n) is 8.90. The maximum absolute atomic E-state index is 13.2. The Labute approximate surface area is 292 Å². The molecule has 0 saturated carbocycles. The van der Waals surface area contributed by atoms with Crippen LogP contribution in [0.4, 0.5) is 0 Å². The van der Waals surface area contributed by atoms with Crippen LogP contribution in [0.2, 0.25) is 10.0 Å². The van der Waals surface area contributed by atoms with Gasteiger partial charge in [0.05, 0.1) is 28.4 Å². The molecule has 49 heavy (non-hydrogen) atoms. The number of methoxy groups -OCH3 is 1. The van der Waals surface area contributed by atoms with Gasteiger partial charge in [-0.2, -0.15) is 0 Å². The van der Waals surface area contributed by atoms with Gasteiger partial charge in [0.25, 0.3) is 5.56 Å². The molecule has 2 aromatic carbocycles. The summed E-state index contributed by atoms with van der Waals surface area (Å²) in [6, 6.07) is 19.0. The first-order valence-corrected chi connectivity index (χ1v) is 16.7. The topological polar surface area (TPSA) is 139 Å². The number of carbonyl (C=O) groups excluding carboxylic acids is 2. The van der Waals surface area contributed by atoms with E-state index in [0.29, 0.717) is 71.9 Å². The molecule has 7 rings (SSSR count). The van der Waals surface area contributed by atoms with Gasteiger partial charge in [-0.15, -0.1) is 0 Å². The lowest BCUT2D eigenvalue weighted by Crippen LogP contribution is -2.33. The number of nitrogens with one attached hydrogen (secondary N) is 4.